The molecule has 1 heterocycles. The Balaban J connectivity index is 2.16. The fraction of sp³-hybridized carbons (Fsp3) is 0.455. The smallest absolute Gasteiger partial charge is 0.190 e. The van der Waals surface area contributed by atoms with Crippen LogP contribution >= 0.6 is 0 Å². The normalized spacial score (nSPS) is 11.2. The van der Waals surface area contributed by atoms with E-state index in [9.17, 15) is 0 Å². The lowest BCUT2D eigenvalue weighted by Crippen LogP contribution is -2.30. The topological polar surface area (TPSA) is 66.5 Å². The van der Waals surface area contributed by atoms with Crippen molar-refractivity contribution in [3.63, 3.8) is 0 Å². The molecule has 0 aliphatic rings. The van der Waals surface area contributed by atoms with Gasteiger partial charge in [0.2, 0.25) is 0 Å². The number of aliphatic imine (C=N–C) groups is 1. The first kappa shape index (κ1) is 12.3. The third-order valence-electron chi connectivity index (χ3n) is 2.04. The summed E-state index contributed by atoms with van der Waals surface area (Å²) in [6.07, 6.45) is 2.70. The van der Waals surface area contributed by atoms with Gasteiger partial charge in [-0.2, -0.15) is 0 Å². The van der Waals surface area contributed by atoms with Crippen molar-refractivity contribution in [3.05, 3.63) is 24.4 Å². The summed E-state index contributed by atoms with van der Waals surface area (Å²) >= 11 is 0. The maximum absolute atomic E-state index is 5.65. The first-order valence-corrected chi connectivity index (χ1v) is 5.32. The number of guanidine groups is 1. The van der Waals surface area contributed by atoms with Crippen molar-refractivity contribution in [1.29, 1.82) is 0 Å². The van der Waals surface area contributed by atoms with Gasteiger partial charge in [-0.15, -0.1) is 0 Å². The molecule has 0 saturated carbocycles. The average molecular weight is 221 g/mol. The van der Waals surface area contributed by atoms with E-state index < -0.39 is 0 Å². The van der Waals surface area contributed by atoms with E-state index >= 15 is 0 Å². The zero-order valence-corrected chi connectivity index (χ0v) is 9.85. The lowest BCUT2D eigenvalue weighted by molar-refractivity contribution is 0.608. The fourth-order valence-corrected chi connectivity index (χ4v) is 1.10. The predicted octanol–water partition coefficient (Wildman–Crippen LogP) is 0.760. The van der Waals surface area contributed by atoms with E-state index in [1.54, 1.807) is 11.1 Å². The van der Waals surface area contributed by atoms with Crippen molar-refractivity contribution in [1.82, 2.24) is 9.88 Å². The molecular weight excluding hydrogens is 202 g/mol. The number of hydrogen-bond donors (Lipinski definition) is 2. The molecule has 3 N–H and O–H groups in total. The highest BCUT2D eigenvalue weighted by molar-refractivity contribution is 5.77. The largest absolute Gasteiger partial charge is 0.370 e. The Morgan fingerprint density at radius 3 is 2.94 bits per heavy atom. The average Bonchev–Trinajstić information content (AvgIpc) is 2.29. The molecule has 0 aromatic carbocycles. The van der Waals surface area contributed by atoms with Crippen molar-refractivity contribution >= 4 is 11.8 Å². The second-order valence-corrected chi connectivity index (χ2v) is 3.63. The monoisotopic (exact) mass is 221 g/mol. The molecule has 5 heteroatoms. The Bertz CT molecular complexity index is 320. The Morgan fingerprint density at radius 2 is 2.31 bits per heavy atom. The number of nitrogens with two attached hydrogens (primary N) is 1. The number of rotatable bonds is 5. The lowest BCUT2D eigenvalue weighted by Gasteiger charge is -2.10. The van der Waals surface area contributed by atoms with Crippen LogP contribution in [0.3, 0.4) is 0 Å². The molecule has 1 aromatic rings. The van der Waals surface area contributed by atoms with Crippen LogP contribution in [0.25, 0.3) is 0 Å². The Kier molecular flexibility index (Phi) is 5.11. The van der Waals surface area contributed by atoms with E-state index in [0.717, 1.165) is 25.3 Å². The van der Waals surface area contributed by atoms with Crippen molar-refractivity contribution in [2.24, 2.45) is 10.7 Å². The Hall–Kier alpha value is -1.78. The summed E-state index contributed by atoms with van der Waals surface area (Å²) in [6.45, 7) is 1.57. The van der Waals surface area contributed by atoms with Gasteiger partial charge in [0.05, 0.1) is 0 Å². The summed E-state index contributed by atoms with van der Waals surface area (Å²) in [6, 6.07) is 5.79. The molecule has 0 aliphatic carbocycles. The van der Waals surface area contributed by atoms with Crippen LogP contribution < -0.4 is 11.1 Å². The van der Waals surface area contributed by atoms with Gasteiger partial charge < -0.3 is 16.0 Å². The van der Waals surface area contributed by atoms with Gasteiger partial charge in [-0.1, -0.05) is 6.07 Å². The first-order valence-electron chi connectivity index (χ1n) is 5.32. The van der Waals surface area contributed by atoms with Gasteiger partial charge in [-0.05, 0) is 18.6 Å². The first-order chi connectivity index (χ1) is 7.70. The standard InChI is InChI=1S/C11H19N5/c1-16(2)11(12)15-9-5-8-14-10-6-3-4-7-13-10/h3-4,6-7H,5,8-9H2,1-2H3,(H2,12,15)(H,13,14). The van der Waals surface area contributed by atoms with Gasteiger partial charge in [-0.25, -0.2) is 4.98 Å². The number of aromatic nitrogens is 1. The zero-order chi connectivity index (χ0) is 11.8. The van der Waals surface area contributed by atoms with E-state index in [1.165, 1.54) is 0 Å². The quantitative estimate of drug-likeness (QED) is 0.437. The van der Waals surface area contributed by atoms with E-state index in [-0.39, 0.29) is 0 Å². The summed E-state index contributed by atoms with van der Waals surface area (Å²) in [5, 5.41) is 3.21. The molecule has 88 valence electrons. The van der Waals surface area contributed by atoms with E-state index in [0.29, 0.717) is 5.96 Å². The molecule has 0 aliphatic heterocycles. The van der Waals surface area contributed by atoms with Crippen LogP contribution in [0.2, 0.25) is 0 Å². The van der Waals surface area contributed by atoms with Crippen LogP contribution in [-0.2, 0) is 0 Å². The molecule has 0 amide bonds. The third kappa shape index (κ3) is 4.63. The Morgan fingerprint density at radius 1 is 1.50 bits per heavy atom. The number of nitrogens with zero attached hydrogens (tertiary/aromatic N) is 3. The number of anilines is 1. The summed E-state index contributed by atoms with van der Waals surface area (Å²) in [5.41, 5.74) is 5.65. The highest BCUT2D eigenvalue weighted by Gasteiger charge is 1.93. The number of hydrogen-bond acceptors (Lipinski definition) is 3. The minimum absolute atomic E-state index is 0.567. The molecule has 16 heavy (non-hydrogen) atoms. The molecule has 0 atom stereocenters. The van der Waals surface area contributed by atoms with Crippen LogP contribution in [0.4, 0.5) is 5.82 Å². The second kappa shape index (κ2) is 6.66. The van der Waals surface area contributed by atoms with Gasteiger partial charge in [0.1, 0.15) is 5.82 Å². The number of nitrogens with one attached hydrogen (secondary N) is 1. The molecule has 0 spiro atoms. The number of pyridine rings is 1. The van der Waals surface area contributed by atoms with Crippen LogP contribution in [0.15, 0.2) is 29.4 Å². The molecule has 1 aromatic heterocycles. The molecule has 1 rings (SSSR count). The summed E-state index contributed by atoms with van der Waals surface area (Å²) < 4.78 is 0. The molecule has 0 radical (unpaired) electrons. The highest BCUT2D eigenvalue weighted by atomic mass is 15.2. The second-order valence-electron chi connectivity index (χ2n) is 3.63. The molecular formula is C11H19N5. The van der Waals surface area contributed by atoms with Crippen molar-refractivity contribution < 1.29 is 0 Å². The maximum atomic E-state index is 5.65. The maximum Gasteiger partial charge on any atom is 0.190 e. The van der Waals surface area contributed by atoms with Gasteiger partial charge in [0, 0.05) is 33.4 Å². The minimum Gasteiger partial charge on any atom is -0.370 e. The van der Waals surface area contributed by atoms with E-state index in [1.807, 2.05) is 32.3 Å². The van der Waals surface area contributed by atoms with Gasteiger partial charge in [-0.3, -0.25) is 4.99 Å². The van der Waals surface area contributed by atoms with Crippen molar-refractivity contribution in [2.75, 3.05) is 32.5 Å². The van der Waals surface area contributed by atoms with Crippen LogP contribution in [0, 0.1) is 0 Å². The van der Waals surface area contributed by atoms with E-state index in [4.69, 9.17) is 5.73 Å². The zero-order valence-electron chi connectivity index (χ0n) is 9.85. The molecule has 0 saturated heterocycles. The van der Waals surface area contributed by atoms with Crippen molar-refractivity contribution in [2.45, 2.75) is 6.42 Å². The van der Waals surface area contributed by atoms with Crippen LogP contribution in [0.1, 0.15) is 6.42 Å². The van der Waals surface area contributed by atoms with Gasteiger partial charge in [0.25, 0.3) is 0 Å². The van der Waals surface area contributed by atoms with Crippen LogP contribution in [0.5, 0.6) is 0 Å². The lowest BCUT2D eigenvalue weighted by atomic mass is 10.4. The van der Waals surface area contributed by atoms with E-state index in [2.05, 4.69) is 15.3 Å². The third-order valence-corrected chi connectivity index (χ3v) is 2.04. The summed E-state index contributed by atoms with van der Waals surface area (Å²) in [7, 11) is 3.76. The minimum atomic E-state index is 0.567. The SMILES string of the molecule is CN(C)C(N)=NCCCNc1ccccn1. The van der Waals surface area contributed by atoms with Gasteiger partial charge >= 0.3 is 0 Å². The fourth-order valence-electron chi connectivity index (χ4n) is 1.10. The predicted molar refractivity (Wildman–Crippen MR) is 67.5 cm³/mol. The molecule has 0 fully saturated rings. The molecule has 0 bridgehead atoms. The van der Waals surface area contributed by atoms with Gasteiger partial charge in [0.15, 0.2) is 5.96 Å². The summed E-state index contributed by atoms with van der Waals surface area (Å²) in [5.74, 6) is 1.46. The molecule has 5 nitrogen and oxygen atoms in total. The highest BCUT2D eigenvalue weighted by Crippen LogP contribution is 1.99. The Labute approximate surface area is 96.4 Å². The van der Waals surface area contributed by atoms with Crippen LogP contribution in [-0.4, -0.2) is 43.0 Å². The molecule has 0 unspecified atom stereocenters. The van der Waals surface area contributed by atoms with Crippen molar-refractivity contribution in [3.8, 4) is 0 Å². The summed E-state index contributed by atoms with van der Waals surface area (Å²) in [4.78, 5) is 10.2.